The van der Waals surface area contributed by atoms with Crippen LogP contribution in [0.1, 0.15) is 18.9 Å². The molecule has 0 unspecified atom stereocenters. The molecule has 1 aromatic rings. The summed E-state index contributed by atoms with van der Waals surface area (Å²) in [5.74, 6) is -0.241. The predicted molar refractivity (Wildman–Crippen MR) is 74.8 cm³/mol. The fraction of sp³-hybridized carbons (Fsp3) is 0.400. The third-order valence-corrected chi connectivity index (χ3v) is 2.91. The average molecular weight is 247 g/mol. The van der Waals surface area contributed by atoms with Gasteiger partial charge >= 0.3 is 5.97 Å². The maximum Gasteiger partial charge on any atom is 0.333 e. The monoisotopic (exact) mass is 247 g/mol. The zero-order valence-corrected chi connectivity index (χ0v) is 11.6. The number of carbonyl (C=O) groups excluding carboxylic acids is 1. The summed E-state index contributed by atoms with van der Waals surface area (Å²) < 4.78 is 4.73. The normalized spacial score (nSPS) is 11.2. The molecule has 98 valence electrons. The number of hydrogen-bond donors (Lipinski definition) is 0. The maximum atomic E-state index is 11.4. The molecule has 0 saturated carbocycles. The van der Waals surface area contributed by atoms with E-state index in [1.165, 1.54) is 12.7 Å². The van der Waals surface area contributed by atoms with Gasteiger partial charge in [0.05, 0.1) is 7.11 Å². The summed E-state index contributed by atoms with van der Waals surface area (Å²) in [6.45, 7) is 4.71. The SMILES string of the molecule is CCC(=CCN(C)c1ccc(C)cc1)C(=O)OC. The van der Waals surface area contributed by atoms with Crippen LogP contribution in [0.5, 0.6) is 0 Å². The van der Waals surface area contributed by atoms with E-state index >= 15 is 0 Å². The molecule has 1 aromatic carbocycles. The molecule has 3 heteroatoms. The Balaban J connectivity index is 2.69. The van der Waals surface area contributed by atoms with Crippen molar-refractivity contribution in [2.24, 2.45) is 0 Å². The lowest BCUT2D eigenvalue weighted by Crippen LogP contribution is -2.18. The van der Waals surface area contributed by atoms with Crippen LogP contribution < -0.4 is 4.90 Å². The van der Waals surface area contributed by atoms with Crippen molar-refractivity contribution in [2.45, 2.75) is 20.3 Å². The van der Waals surface area contributed by atoms with Gasteiger partial charge in [-0.2, -0.15) is 0 Å². The molecule has 0 heterocycles. The van der Waals surface area contributed by atoms with E-state index in [-0.39, 0.29) is 5.97 Å². The Morgan fingerprint density at radius 3 is 2.44 bits per heavy atom. The Kier molecular flexibility index (Phi) is 5.43. The van der Waals surface area contributed by atoms with E-state index in [2.05, 4.69) is 36.1 Å². The number of benzene rings is 1. The van der Waals surface area contributed by atoms with E-state index in [9.17, 15) is 4.79 Å². The number of likely N-dealkylation sites (N-methyl/N-ethyl adjacent to an activating group) is 1. The summed E-state index contributed by atoms with van der Waals surface area (Å²) in [5, 5.41) is 0. The van der Waals surface area contributed by atoms with Crippen molar-refractivity contribution in [2.75, 3.05) is 25.6 Å². The van der Waals surface area contributed by atoms with Gasteiger partial charge in [0.1, 0.15) is 0 Å². The van der Waals surface area contributed by atoms with Crippen molar-refractivity contribution < 1.29 is 9.53 Å². The fourth-order valence-electron chi connectivity index (χ4n) is 1.65. The first-order valence-electron chi connectivity index (χ1n) is 6.13. The van der Waals surface area contributed by atoms with Crippen LogP contribution in [0, 0.1) is 6.92 Å². The van der Waals surface area contributed by atoms with E-state index < -0.39 is 0 Å². The highest BCUT2D eigenvalue weighted by atomic mass is 16.5. The van der Waals surface area contributed by atoms with Gasteiger partial charge in [-0.15, -0.1) is 0 Å². The number of esters is 1. The van der Waals surface area contributed by atoms with E-state index in [4.69, 9.17) is 4.74 Å². The van der Waals surface area contributed by atoms with Crippen LogP contribution >= 0.6 is 0 Å². The highest BCUT2D eigenvalue weighted by Crippen LogP contribution is 2.14. The molecular weight excluding hydrogens is 226 g/mol. The number of carbonyl (C=O) groups is 1. The first kappa shape index (κ1) is 14.3. The van der Waals surface area contributed by atoms with Crippen LogP contribution in [0.4, 0.5) is 5.69 Å². The molecule has 18 heavy (non-hydrogen) atoms. The molecule has 0 amide bonds. The molecule has 0 bridgehead atoms. The van der Waals surface area contributed by atoms with Gasteiger partial charge < -0.3 is 9.64 Å². The van der Waals surface area contributed by atoms with Gasteiger partial charge in [-0.1, -0.05) is 30.7 Å². The van der Waals surface area contributed by atoms with E-state index in [1.54, 1.807) is 0 Å². The van der Waals surface area contributed by atoms with Crippen molar-refractivity contribution in [1.82, 2.24) is 0 Å². The average Bonchev–Trinajstić information content (AvgIpc) is 2.39. The Morgan fingerprint density at radius 1 is 1.33 bits per heavy atom. The highest BCUT2D eigenvalue weighted by Gasteiger charge is 2.07. The first-order valence-corrected chi connectivity index (χ1v) is 6.13. The minimum Gasteiger partial charge on any atom is -0.466 e. The smallest absolute Gasteiger partial charge is 0.333 e. The third kappa shape index (κ3) is 3.91. The second-order valence-corrected chi connectivity index (χ2v) is 4.29. The summed E-state index contributed by atoms with van der Waals surface area (Å²) in [6.07, 6.45) is 2.61. The molecule has 3 nitrogen and oxygen atoms in total. The van der Waals surface area contributed by atoms with E-state index in [0.717, 1.165) is 11.3 Å². The zero-order chi connectivity index (χ0) is 13.5. The molecule has 0 fully saturated rings. The maximum absolute atomic E-state index is 11.4. The second-order valence-electron chi connectivity index (χ2n) is 4.29. The van der Waals surface area contributed by atoms with Gasteiger partial charge in [0, 0.05) is 24.9 Å². The van der Waals surface area contributed by atoms with Gasteiger partial charge in [0.25, 0.3) is 0 Å². The molecule has 1 rings (SSSR count). The molecule has 0 aromatic heterocycles. The molecule has 0 radical (unpaired) electrons. The van der Waals surface area contributed by atoms with Crippen molar-refractivity contribution in [1.29, 1.82) is 0 Å². The number of rotatable bonds is 5. The van der Waals surface area contributed by atoms with Crippen molar-refractivity contribution in [3.63, 3.8) is 0 Å². The molecule has 0 N–H and O–H groups in total. The van der Waals surface area contributed by atoms with Crippen LogP contribution in [0.2, 0.25) is 0 Å². The quantitative estimate of drug-likeness (QED) is 0.592. The largest absolute Gasteiger partial charge is 0.466 e. The van der Waals surface area contributed by atoms with Gasteiger partial charge in [-0.25, -0.2) is 4.79 Å². The van der Waals surface area contributed by atoms with Gasteiger partial charge in [0.15, 0.2) is 0 Å². The molecule has 0 aliphatic rings. The van der Waals surface area contributed by atoms with Gasteiger partial charge in [0.2, 0.25) is 0 Å². The Bertz CT molecular complexity index is 421. The van der Waals surface area contributed by atoms with Crippen LogP contribution in [0.25, 0.3) is 0 Å². The lowest BCUT2D eigenvalue weighted by molar-refractivity contribution is -0.136. The molecular formula is C15H21NO2. The summed E-state index contributed by atoms with van der Waals surface area (Å²) >= 11 is 0. The lowest BCUT2D eigenvalue weighted by atomic mass is 10.2. The van der Waals surface area contributed by atoms with Crippen LogP contribution in [0.15, 0.2) is 35.9 Å². The highest BCUT2D eigenvalue weighted by molar-refractivity contribution is 5.88. The second kappa shape index (κ2) is 6.84. The lowest BCUT2D eigenvalue weighted by Gasteiger charge is -2.18. The summed E-state index contributed by atoms with van der Waals surface area (Å²) in [7, 11) is 3.42. The molecule has 0 aliphatic carbocycles. The molecule has 0 spiro atoms. The van der Waals surface area contributed by atoms with E-state index in [0.29, 0.717) is 13.0 Å². The predicted octanol–water partition coefficient (Wildman–Crippen LogP) is 2.94. The molecule has 0 aliphatic heterocycles. The topological polar surface area (TPSA) is 29.5 Å². The molecule has 0 saturated heterocycles. The van der Waals surface area contributed by atoms with Crippen molar-refractivity contribution in [3.05, 3.63) is 41.5 Å². The molecule has 0 atom stereocenters. The van der Waals surface area contributed by atoms with Gasteiger partial charge in [-0.05, 0) is 25.5 Å². The third-order valence-electron chi connectivity index (χ3n) is 2.91. The number of hydrogen-bond acceptors (Lipinski definition) is 3. The Morgan fingerprint density at radius 2 is 1.94 bits per heavy atom. The van der Waals surface area contributed by atoms with Crippen LogP contribution in [0.3, 0.4) is 0 Å². The number of methoxy groups -OCH3 is 1. The van der Waals surface area contributed by atoms with Crippen molar-refractivity contribution >= 4 is 11.7 Å². The number of ether oxygens (including phenoxy) is 1. The standard InChI is InChI=1S/C15H21NO2/c1-5-13(15(17)18-4)10-11-16(3)14-8-6-12(2)7-9-14/h6-10H,5,11H2,1-4H3. The summed E-state index contributed by atoms with van der Waals surface area (Å²) in [5.41, 5.74) is 3.10. The summed E-state index contributed by atoms with van der Waals surface area (Å²) in [6, 6.07) is 8.31. The Labute approximate surface area is 109 Å². The van der Waals surface area contributed by atoms with Crippen molar-refractivity contribution in [3.8, 4) is 0 Å². The van der Waals surface area contributed by atoms with Crippen LogP contribution in [-0.4, -0.2) is 26.7 Å². The first-order chi connectivity index (χ1) is 8.58. The Hall–Kier alpha value is -1.77. The number of nitrogens with zero attached hydrogens (tertiary/aromatic N) is 1. The van der Waals surface area contributed by atoms with E-state index in [1.807, 2.05) is 20.0 Å². The fourth-order valence-corrected chi connectivity index (χ4v) is 1.65. The number of aryl methyl sites for hydroxylation is 1. The minimum atomic E-state index is -0.241. The van der Waals surface area contributed by atoms with Crippen LogP contribution in [-0.2, 0) is 9.53 Å². The summed E-state index contributed by atoms with van der Waals surface area (Å²) in [4.78, 5) is 13.5. The minimum absolute atomic E-state index is 0.241. The zero-order valence-electron chi connectivity index (χ0n) is 11.6. The van der Waals surface area contributed by atoms with Gasteiger partial charge in [-0.3, -0.25) is 0 Å². The number of anilines is 1.